The molecule has 4 rings (SSSR count). The van der Waals surface area contributed by atoms with E-state index < -0.39 is 14.9 Å². The lowest BCUT2D eigenvalue weighted by Gasteiger charge is -2.35. The summed E-state index contributed by atoms with van der Waals surface area (Å²) in [5.74, 6) is 1.67. The molecular weight excluding hydrogens is 518 g/mol. The molecule has 0 atom stereocenters. The van der Waals surface area contributed by atoms with Crippen LogP contribution in [-0.4, -0.2) is 94.4 Å². The zero-order chi connectivity index (χ0) is 27.1. The maximum Gasteiger partial charge on any atom is 0.270 e. The highest BCUT2D eigenvalue weighted by atomic mass is 32.2. The van der Waals surface area contributed by atoms with E-state index in [4.69, 9.17) is 18.9 Å². The van der Waals surface area contributed by atoms with E-state index in [9.17, 15) is 18.5 Å². The topological polar surface area (TPSA) is 146 Å². The molecule has 0 spiro atoms. The zero-order valence-electron chi connectivity index (χ0n) is 21.1. The smallest absolute Gasteiger partial charge is 0.270 e. The molecule has 204 valence electrons. The van der Waals surface area contributed by atoms with Gasteiger partial charge in [-0.1, -0.05) is 6.07 Å². The maximum absolute atomic E-state index is 13.1. The molecule has 1 aliphatic rings. The molecule has 0 N–H and O–H groups in total. The lowest BCUT2D eigenvalue weighted by atomic mass is 10.2. The Morgan fingerprint density at radius 2 is 1.58 bits per heavy atom. The van der Waals surface area contributed by atoms with Gasteiger partial charge in [0.15, 0.2) is 11.5 Å². The molecule has 14 heteroatoms. The van der Waals surface area contributed by atoms with Gasteiger partial charge in [0.1, 0.15) is 25.4 Å². The minimum absolute atomic E-state index is 0.105. The molecule has 0 radical (unpaired) electrons. The van der Waals surface area contributed by atoms with Crippen LogP contribution in [0.25, 0.3) is 10.9 Å². The van der Waals surface area contributed by atoms with E-state index in [2.05, 4.69) is 9.97 Å². The maximum atomic E-state index is 13.1. The molecule has 1 aromatic heterocycles. The van der Waals surface area contributed by atoms with Crippen LogP contribution in [0.4, 0.5) is 11.5 Å². The summed E-state index contributed by atoms with van der Waals surface area (Å²) >= 11 is 0. The molecule has 0 saturated carbocycles. The van der Waals surface area contributed by atoms with Crippen molar-refractivity contribution in [3.63, 3.8) is 0 Å². The molecule has 0 unspecified atom stereocenters. The van der Waals surface area contributed by atoms with Gasteiger partial charge in [-0.2, -0.15) is 4.31 Å². The van der Waals surface area contributed by atoms with Crippen LogP contribution in [0, 0.1) is 10.1 Å². The number of benzene rings is 2. The van der Waals surface area contributed by atoms with Gasteiger partial charge < -0.3 is 23.8 Å². The zero-order valence-corrected chi connectivity index (χ0v) is 21.9. The van der Waals surface area contributed by atoms with Crippen molar-refractivity contribution in [2.75, 3.05) is 71.7 Å². The molecule has 38 heavy (non-hydrogen) atoms. The fourth-order valence-electron chi connectivity index (χ4n) is 4.04. The van der Waals surface area contributed by atoms with E-state index >= 15 is 0 Å². The van der Waals surface area contributed by atoms with Crippen molar-refractivity contribution in [1.29, 1.82) is 0 Å². The number of ether oxygens (including phenoxy) is 4. The Morgan fingerprint density at radius 3 is 2.21 bits per heavy atom. The summed E-state index contributed by atoms with van der Waals surface area (Å²) in [5, 5.41) is 11.8. The van der Waals surface area contributed by atoms with E-state index in [1.807, 2.05) is 11.0 Å². The van der Waals surface area contributed by atoms with Gasteiger partial charge in [-0.3, -0.25) is 10.1 Å². The highest BCUT2D eigenvalue weighted by molar-refractivity contribution is 7.89. The third kappa shape index (κ3) is 6.10. The van der Waals surface area contributed by atoms with Gasteiger partial charge in [-0.05, 0) is 12.1 Å². The fraction of sp³-hybridized carbons (Fsp3) is 0.417. The van der Waals surface area contributed by atoms with E-state index in [0.717, 1.165) is 11.5 Å². The molecule has 0 bridgehead atoms. The number of nitro groups is 1. The van der Waals surface area contributed by atoms with E-state index in [-0.39, 0.29) is 23.7 Å². The molecule has 1 fully saturated rings. The molecule has 2 heterocycles. The number of fused-ring (bicyclic) bond motifs is 1. The summed E-state index contributed by atoms with van der Waals surface area (Å²) in [6, 6.07) is 8.67. The van der Waals surface area contributed by atoms with Crippen molar-refractivity contribution < 1.29 is 32.3 Å². The van der Waals surface area contributed by atoms with Crippen LogP contribution in [0.15, 0.2) is 47.6 Å². The second-order valence-corrected chi connectivity index (χ2v) is 10.3. The first-order chi connectivity index (χ1) is 18.3. The van der Waals surface area contributed by atoms with Crippen LogP contribution in [0.2, 0.25) is 0 Å². The molecule has 2 aromatic carbocycles. The van der Waals surface area contributed by atoms with Gasteiger partial charge in [0.25, 0.3) is 5.69 Å². The normalized spacial score (nSPS) is 14.5. The number of methoxy groups -OCH3 is 2. The molecule has 0 amide bonds. The Balaban J connectivity index is 1.56. The van der Waals surface area contributed by atoms with Crippen molar-refractivity contribution >= 4 is 32.4 Å². The average Bonchev–Trinajstić information content (AvgIpc) is 2.93. The van der Waals surface area contributed by atoms with Crippen molar-refractivity contribution in [1.82, 2.24) is 14.3 Å². The third-order valence-corrected chi connectivity index (χ3v) is 7.87. The Labute approximate surface area is 220 Å². The van der Waals surface area contributed by atoms with E-state index in [0.29, 0.717) is 62.4 Å². The van der Waals surface area contributed by atoms with Crippen LogP contribution in [0.5, 0.6) is 11.5 Å². The molecule has 1 saturated heterocycles. The minimum Gasteiger partial charge on any atom is -0.487 e. The molecule has 1 aliphatic heterocycles. The van der Waals surface area contributed by atoms with Crippen LogP contribution in [-0.2, 0) is 19.5 Å². The van der Waals surface area contributed by atoms with Gasteiger partial charge in [-0.25, -0.2) is 18.4 Å². The standard InChI is InChI=1S/C24H29N5O8S/c1-34-10-12-36-22-15-20-21(16-23(22)37-13-11-35-2)25-17-26-24(20)27-6-8-28(9-7-27)38(32,33)19-5-3-4-18(14-19)29(30)31/h3-5,14-17H,6-13H2,1-2H3. The van der Waals surface area contributed by atoms with Crippen LogP contribution in [0.3, 0.4) is 0 Å². The number of hydrogen-bond donors (Lipinski definition) is 0. The first kappa shape index (κ1) is 27.4. The summed E-state index contributed by atoms with van der Waals surface area (Å²) in [4.78, 5) is 21.2. The highest BCUT2D eigenvalue weighted by Gasteiger charge is 2.30. The van der Waals surface area contributed by atoms with Crippen molar-refractivity contribution in [3.05, 3.63) is 52.8 Å². The Hall–Kier alpha value is -3.59. The van der Waals surface area contributed by atoms with Crippen LogP contribution < -0.4 is 14.4 Å². The Morgan fingerprint density at radius 1 is 0.921 bits per heavy atom. The minimum atomic E-state index is -3.89. The number of piperazine rings is 1. The van der Waals surface area contributed by atoms with Crippen LogP contribution in [0.1, 0.15) is 0 Å². The van der Waals surface area contributed by atoms with Gasteiger partial charge in [-0.15, -0.1) is 0 Å². The summed E-state index contributed by atoms with van der Waals surface area (Å²) in [6.07, 6.45) is 1.45. The fourth-order valence-corrected chi connectivity index (χ4v) is 5.51. The number of non-ortho nitro benzene ring substituents is 1. The summed E-state index contributed by atoms with van der Waals surface area (Å²) in [7, 11) is -0.713. The quantitative estimate of drug-likeness (QED) is 0.187. The molecule has 3 aromatic rings. The largest absolute Gasteiger partial charge is 0.487 e. The van der Waals surface area contributed by atoms with Gasteiger partial charge in [0, 0.05) is 64.0 Å². The van der Waals surface area contributed by atoms with Crippen molar-refractivity contribution in [3.8, 4) is 11.5 Å². The summed E-state index contributed by atoms with van der Waals surface area (Å²) in [6.45, 7) is 2.57. The molecular formula is C24H29N5O8S. The van der Waals surface area contributed by atoms with Crippen LogP contribution >= 0.6 is 0 Å². The van der Waals surface area contributed by atoms with E-state index in [1.54, 1.807) is 20.3 Å². The number of anilines is 1. The second-order valence-electron chi connectivity index (χ2n) is 8.34. The lowest BCUT2D eigenvalue weighted by Crippen LogP contribution is -2.49. The number of nitro benzene ring substituents is 1. The first-order valence-corrected chi connectivity index (χ1v) is 13.3. The Bertz CT molecular complexity index is 1380. The monoisotopic (exact) mass is 547 g/mol. The van der Waals surface area contributed by atoms with Crippen molar-refractivity contribution in [2.24, 2.45) is 0 Å². The SMILES string of the molecule is COCCOc1cc2ncnc(N3CCN(S(=O)(=O)c4cccc([N+](=O)[O-])c4)CC3)c2cc1OCCOC. The predicted molar refractivity (Wildman–Crippen MR) is 138 cm³/mol. The average molecular weight is 548 g/mol. The lowest BCUT2D eigenvalue weighted by molar-refractivity contribution is -0.385. The third-order valence-electron chi connectivity index (χ3n) is 5.97. The number of rotatable bonds is 12. The molecule has 0 aliphatic carbocycles. The van der Waals surface area contributed by atoms with Gasteiger partial charge >= 0.3 is 0 Å². The molecule has 13 nitrogen and oxygen atoms in total. The number of nitrogens with zero attached hydrogens (tertiary/aromatic N) is 5. The summed E-state index contributed by atoms with van der Waals surface area (Å²) in [5.41, 5.74) is 0.374. The van der Waals surface area contributed by atoms with Gasteiger partial charge in [0.2, 0.25) is 10.0 Å². The van der Waals surface area contributed by atoms with Crippen molar-refractivity contribution in [2.45, 2.75) is 4.90 Å². The number of sulfonamides is 1. The number of aromatic nitrogens is 2. The Kier molecular flexibility index (Phi) is 8.89. The second kappa shape index (κ2) is 12.3. The first-order valence-electron chi connectivity index (χ1n) is 11.9. The summed E-state index contributed by atoms with van der Waals surface area (Å²) < 4.78 is 49.5. The van der Waals surface area contributed by atoms with E-state index in [1.165, 1.54) is 28.8 Å². The number of hydrogen-bond acceptors (Lipinski definition) is 11. The predicted octanol–water partition coefficient (Wildman–Crippen LogP) is 2.10. The highest BCUT2D eigenvalue weighted by Crippen LogP contribution is 2.36. The van der Waals surface area contributed by atoms with Gasteiger partial charge in [0.05, 0.1) is 28.5 Å².